The summed E-state index contributed by atoms with van der Waals surface area (Å²) in [6, 6.07) is 22.2. The van der Waals surface area contributed by atoms with Gasteiger partial charge in [0.15, 0.2) is 0 Å². The number of aromatic nitrogens is 1. The molecule has 4 aromatic rings. The topological polar surface area (TPSA) is 66.6 Å². The first-order valence-electron chi connectivity index (χ1n) is 9.49. The smallest absolute Gasteiger partial charge is 0.275 e. The van der Waals surface area contributed by atoms with Crippen molar-refractivity contribution >= 4 is 34.6 Å². The van der Waals surface area contributed by atoms with E-state index in [0.29, 0.717) is 6.54 Å². The van der Waals surface area contributed by atoms with Crippen molar-refractivity contribution in [3.05, 3.63) is 100 Å². The molecule has 1 amide bonds. The SMILES string of the molecule is Cc1c(/C=N/NC(=O)c2ccccc2O)c2ccccc2n1Cc1ccccc1Cl. The van der Waals surface area contributed by atoms with Crippen LogP contribution < -0.4 is 5.43 Å². The van der Waals surface area contributed by atoms with Gasteiger partial charge in [-0.05, 0) is 36.8 Å². The molecule has 150 valence electrons. The third kappa shape index (κ3) is 3.80. The van der Waals surface area contributed by atoms with Crippen LogP contribution in [0, 0.1) is 6.92 Å². The summed E-state index contributed by atoms with van der Waals surface area (Å²) < 4.78 is 2.18. The fourth-order valence-corrected chi connectivity index (χ4v) is 3.70. The molecule has 0 saturated heterocycles. The lowest BCUT2D eigenvalue weighted by Crippen LogP contribution is -2.17. The Bertz CT molecular complexity index is 1260. The first kappa shape index (κ1) is 19.7. The summed E-state index contributed by atoms with van der Waals surface area (Å²) in [5, 5.41) is 15.7. The zero-order valence-electron chi connectivity index (χ0n) is 16.3. The second-order valence-electron chi connectivity index (χ2n) is 6.91. The minimum Gasteiger partial charge on any atom is -0.507 e. The van der Waals surface area contributed by atoms with Crippen molar-refractivity contribution in [1.29, 1.82) is 0 Å². The number of carbonyl (C=O) groups excluding carboxylic acids is 1. The quantitative estimate of drug-likeness (QED) is 0.349. The fraction of sp³-hybridized carbons (Fsp3) is 0.0833. The van der Waals surface area contributed by atoms with Gasteiger partial charge in [-0.15, -0.1) is 0 Å². The van der Waals surface area contributed by atoms with E-state index in [2.05, 4.69) is 21.2 Å². The van der Waals surface area contributed by atoms with Crippen LogP contribution in [0.1, 0.15) is 27.2 Å². The Kier molecular flexibility index (Phi) is 5.55. The summed E-state index contributed by atoms with van der Waals surface area (Å²) in [4.78, 5) is 12.3. The molecule has 0 bridgehead atoms. The third-order valence-corrected chi connectivity index (χ3v) is 5.44. The largest absolute Gasteiger partial charge is 0.507 e. The number of halogens is 1. The van der Waals surface area contributed by atoms with Crippen molar-refractivity contribution in [1.82, 2.24) is 9.99 Å². The average Bonchev–Trinajstić information content (AvgIpc) is 3.01. The van der Waals surface area contributed by atoms with Gasteiger partial charge in [0.2, 0.25) is 0 Å². The predicted octanol–water partition coefficient (Wildman–Crippen LogP) is 5.12. The summed E-state index contributed by atoms with van der Waals surface area (Å²) in [7, 11) is 0. The van der Waals surface area contributed by atoms with E-state index in [-0.39, 0.29) is 11.3 Å². The molecule has 30 heavy (non-hydrogen) atoms. The zero-order valence-corrected chi connectivity index (χ0v) is 17.1. The minimum atomic E-state index is -0.471. The van der Waals surface area contributed by atoms with Crippen molar-refractivity contribution in [2.75, 3.05) is 0 Å². The molecule has 1 aromatic heterocycles. The van der Waals surface area contributed by atoms with Crippen molar-refractivity contribution in [2.24, 2.45) is 5.10 Å². The van der Waals surface area contributed by atoms with Gasteiger partial charge in [-0.3, -0.25) is 4.79 Å². The van der Waals surface area contributed by atoms with Crippen LogP contribution in [-0.2, 0) is 6.54 Å². The molecule has 0 aliphatic heterocycles. The van der Waals surface area contributed by atoms with Gasteiger partial charge in [0.05, 0.1) is 11.8 Å². The van der Waals surface area contributed by atoms with E-state index in [1.54, 1.807) is 24.4 Å². The summed E-state index contributed by atoms with van der Waals surface area (Å²) >= 11 is 6.37. The van der Waals surface area contributed by atoms with Crippen molar-refractivity contribution < 1.29 is 9.90 Å². The molecule has 2 N–H and O–H groups in total. The normalized spacial score (nSPS) is 11.3. The highest BCUT2D eigenvalue weighted by Crippen LogP contribution is 2.27. The lowest BCUT2D eigenvalue weighted by atomic mass is 10.1. The zero-order chi connectivity index (χ0) is 21.1. The maximum absolute atomic E-state index is 12.3. The number of para-hydroxylation sites is 2. The Labute approximate surface area is 179 Å². The van der Waals surface area contributed by atoms with E-state index < -0.39 is 5.91 Å². The number of hydrogen-bond donors (Lipinski definition) is 2. The van der Waals surface area contributed by atoms with Crippen LogP contribution in [0.4, 0.5) is 0 Å². The molecule has 5 nitrogen and oxygen atoms in total. The number of phenolic OH excluding ortho intramolecular Hbond substituents is 1. The molecule has 0 aliphatic rings. The number of aromatic hydroxyl groups is 1. The molecule has 0 saturated carbocycles. The minimum absolute atomic E-state index is 0.0854. The Balaban J connectivity index is 1.65. The molecule has 0 atom stereocenters. The molecule has 0 radical (unpaired) electrons. The van der Waals surface area contributed by atoms with Crippen molar-refractivity contribution in [3.8, 4) is 5.75 Å². The number of phenols is 1. The Morgan fingerprint density at radius 3 is 2.57 bits per heavy atom. The summed E-state index contributed by atoms with van der Waals surface area (Å²) in [5.41, 5.74) is 6.67. The van der Waals surface area contributed by atoms with Crippen LogP contribution in [0.5, 0.6) is 5.75 Å². The van der Waals surface area contributed by atoms with Crippen LogP contribution in [0.15, 0.2) is 77.9 Å². The van der Waals surface area contributed by atoms with E-state index >= 15 is 0 Å². The summed E-state index contributed by atoms with van der Waals surface area (Å²) in [6.45, 7) is 2.65. The third-order valence-electron chi connectivity index (χ3n) is 5.07. The van der Waals surface area contributed by atoms with E-state index in [0.717, 1.165) is 32.7 Å². The number of fused-ring (bicyclic) bond motifs is 1. The Morgan fingerprint density at radius 2 is 1.77 bits per heavy atom. The standard InChI is InChI=1S/C24H20ClN3O2/c1-16-20(14-26-27-24(30)19-10-4-7-13-23(19)29)18-9-3-6-12-22(18)28(16)15-17-8-2-5-11-21(17)25/h2-14,29H,15H2,1H3,(H,27,30)/b26-14+. The van der Waals surface area contributed by atoms with E-state index in [4.69, 9.17) is 11.6 Å². The lowest BCUT2D eigenvalue weighted by Gasteiger charge is -2.10. The highest BCUT2D eigenvalue weighted by molar-refractivity contribution is 6.31. The number of carbonyl (C=O) groups is 1. The highest BCUT2D eigenvalue weighted by Gasteiger charge is 2.14. The molecule has 4 rings (SSSR count). The summed E-state index contributed by atoms with van der Waals surface area (Å²) in [6.07, 6.45) is 1.64. The van der Waals surface area contributed by atoms with Gasteiger partial charge >= 0.3 is 0 Å². The number of nitrogens with one attached hydrogen (secondary N) is 1. The molecule has 3 aromatic carbocycles. The molecule has 0 fully saturated rings. The molecule has 6 heteroatoms. The Hall–Kier alpha value is -3.57. The molecule has 0 aliphatic carbocycles. The molecule has 1 heterocycles. The molecule has 0 spiro atoms. The van der Waals surface area contributed by atoms with E-state index in [1.165, 1.54) is 6.07 Å². The summed E-state index contributed by atoms with van der Waals surface area (Å²) in [5.74, 6) is -0.556. The maximum Gasteiger partial charge on any atom is 0.275 e. The van der Waals surface area contributed by atoms with Gasteiger partial charge in [-0.25, -0.2) is 5.43 Å². The second kappa shape index (κ2) is 8.43. The predicted molar refractivity (Wildman–Crippen MR) is 120 cm³/mol. The van der Waals surface area contributed by atoms with Gasteiger partial charge in [0.25, 0.3) is 5.91 Å². The first-order chi connectivity index (χ1) is 14.6. The van der Waals surface area contributed by atoms with Crippen LogP contribution in [0.2, 0.25) is 5.02 Å². The second-order valence-corrected chi connectivity index (χ2v) is 7.32. The Morgan fingerprint density at radius 1 is 1.07 bits per heavy atom. The number of rotatable bonds is 5. The van der Waals surface area contributed by atoms with Gasteiger partial charge < -0.3 is 9.67 Å². The van der Waals surface area contributed by atoms with Crippen LogP contribution in [0.3, 0.4) is 0 Å². The first-order valence-corrected chi connectivity index (χ1v) is 9.86. The van der Waals surface area contributed by atoms with Crippen LogP contribution in [0.25, 0.3) is 10.9 Å². The van der Waals surface area contributed by atoms with Gasteiger partial charge in [-0.1, -0.05) is 60.1 Å². The molecular formula is C24H20ClN3O2. The number of benzene rings is 3. The van der Waals surface area contributed by atoms with Crippen LogP contribution >= 0.6 is 11.6 Å². The number of nitrogens with zero attached hydrogens (tertiary/aromatic N) is 2. The molecule has 0 unspecified atom stereocenters. The van der Waals surface area contributed by atoms with Gasteiger partial charge in [-0.2, -0.15) is 5.10 Å². The van der Waals surface area contributed by atoms with Crippen molar-refractivity contribution in [3.63, 3.8) is 0 Å². The number of hydrogen-bond acceptors (Lipinski definition) is 3. The average molecular weight is 418 g/mol. The molecular weight excluding hydrogens is 398 g/mol. The van der Waals surface area contributed by atoms with Gasteiger partial charge in [0.1, 0.15) is 5.75 Å². The van der Waals surface area contributed by atoms with Crippen molar-refractivity contribution in [2.45, 2.75) is 13.5 Å². The van der Waals surface area contributed by atoms with Crippen LogP contribution in [-0.4, -0.2) is 21.8 Å². The lowest BCUT2D eigenvalue weighted by molar-refractivity contribution is 0.0952. The fourth-order valence-electron chi connectivity index (χ4n) is 3.50. The maximum atomic E-state index is 12.3. The highest BCUT2D eigenvalue weighted by atomic mass is 35.5. The number of amides is 1. The van der Waals surface area contributed by atoms with Gasteiger partial charge in [0, 0.05) is 33.7 Å². The number of hydrazone groups is 1. The van der Waals surface area contributed by atoms with E-state index in [9.17, 15) is 9.90 Å². The monoisotopic (exact) mass is 417 g/mol. The van der Waals surface area contributed by atoms with E-state index in [1.807, 2.05) is 49.4 Å².